The van der Waals surface area contributed by atoms with E-state index in [1.54, 1.807) is 7.11 Å². The molecule has 2 rings (SSSR count). The summed E-state index contributed by atoms with van der Waals surface area (Å²) < 4.78 is 11.3. The molecule has 0 saturated carbocycles. The lowest BCUT2D eigenvalue weighted by Gasteiger charge is -2.32. The zero-order valence-electron chi connectivity index (χ0n) is 15.9. The highest BCUT2D eigenvalue weighted by Gasteiger charge is 2.30. The summed E-state index contributed by atoms with van der Waals surface area (Å²) in [4.78, 5) is 2.58. The van der Waals surface area contributed by atoms with Gasteiger partial charge in [-0.25, -0.2) is 0 Å². The minimum absolute atomic E-state index is 0.392. The number of methoxy groups -OCH3 is 1. The van der Waals surface area contributed by atoms with Gasteiger partial charge in [-0.3, -0.25) is 4.90 Å². The van der Waals surface area contributed by atoms with Crippen LogP contribution in [0.15, 0.2) is 18.2 Å². The van der Waals surface area contributed by atoms with Gasteiger partial charge in [0.2, 0.25) is 0 Å². The number of nitrogens with one attached hydrogen (secondary N) is 1. The van der Waals surface area contributed by atoms with Crippen LogP contribution in [0.4, 0.5) is 0 Å². The molecule has 4 nitrogen and oxygen atoms in total. The number of hydrogen-bond donors (Lipinski definition) is 1. The SMILES string of the molecule is CCCOc1ccc(CN(CCC)CC2(C)CCNC2)cc1OC. The first kappa shape index (κ1) is 19.1. The zero-order chi connectivity index (χ0) is 17.4. The maximum atomic E-state index is 5.76. The lowest BCUT2D eigenvalue weighted by Crippen LogP contribution is -2.37. The summed E-state index contributed by atoms with van der Waals surface area (Å²) >= 11 is 0. The molecular weight excluding hydrogens is 300 g/mol. The molecule has 1 aromatic rings. The van der Waals surface area contributed by atoms with Gasteiger partial charge in [0.15, 0.2) is 11.5 Å². The van der Waals surface area contributed by atoms with Crippen molar-refractivity contribution in [3.05, 3.63) is 23.8 Å². The van der Waals surface area contributed by atoms with Gasteiger partial charge >= 0.3 is 0 Å². The molecule has 1 fully saturated rings. The molecule has 0 radical (unpaired) electrons. The highest BCUT2D eigenvalue weighted by atomic mass is 16.5. The summed E-state index contributed by atoms with van der Waals surface area (Å²) in [5, 5.41) is 3.51. The summed E-state index contributed by atoms with van der Waals surface area (Å²) in [5.74, 6) is 1.68. The van der Waals surface area contributed by atoms with Crippen LogP contribution >= 0.6 is 0 Å². The van der Waals surface area contributed by atoms with Crippen LogP contribution in [0.3, 0.4) is 0 Å². The van der Waals surface area contributed by atoms with Crippen LogP contribution in [0.5, 0.6) is 11.5 Å². The molecule has 1 aromatic carbocycles. The Bertz CT molecular complexity index is 498. The van der Waals surface area contributed by atoms with E-state index in [4.69, 9.17) is 9.47 Å². The number of nitrogens with zero attached hydrogens (tertiary/aromatic N) is 1. The van der Waals surface area contributed by atoms with E-state index < -0.39 is 0 Å². The molecule has 4 heteroatoms. The molecule has 0 aliphatic carbocycles. The number of ether oxygens (including phenoxy) is 2. The number of benzene rings is 1. The molecule has 0 amide bonds. The average molecular weight is 335 g/mol. The Morgan fingerprint density at radius 3 is 2.67 bits per heavy atom. The second kappa shape index (κ2) is 9.28. The lowest BCUT2D eigenvalue weighted by atomic mass is 9.89. The van der Waals surface area contributed by atoms with Gasteiger partial charge in [0.05, 0.1) is 13.7 Å². The fraction of sp³-hybridized carbons (Fsp3) is 0.700. The summed E-state index contributed by atoms with van der Waals surface area (Å²) in [6.45, 7) is 13.0. The second-order valence-electron chi connectivity index (χ2n) is 7.28. The van der Waals surface area contributed by atoms with E-state index in [1.165, 1.54) is 18.4 Å². The first-order chi connectivity index (χ1) is 11.6. The molecule has 1 aliphatic heterocycles. The summed E-state index contributed by atoms with van der Waals surface area (Å²) in [5.41, 5.74) is 1.68. The van der Waals surface area contributed by atoms with Crippen molar-refractivity contribution >= 4 is 0 Å². The van der Waals surface area contributed by atoms with Crippen molar-refractivity contribution in [3.8, 4) is 11.5 Å². The van der Waals surface area contributed by atoms with E-state index in [0.717, 1.165) is 57.3 Å². The molecule has 1 unspecified atom stereocenters. The fourth-order valence-electron chi connectivity index (χ4n) is 3.47. The van der Waals surface area contributed by atoms with Gasteiger partial charge in [-0.05, 0) is 55.5 Å². The van der Waals surface area contributed by atoms with Crippen LogP contribution in [-0.2, 0) is 6.54 Å². The van der Waals surface area contributed by atoms with Crippen LogP contribution in [0.2, 0.25) is 0 Å². The van der Waals surface area contributed by atoms with E-state index in [0.29, 0.717) is 5.41 Å². The highest BCUT2D eigenvalue weighted by molar-refractivity contribution is 5.43. The van der Waals surface area contributed by atoms with E-state index >= 15 is 0 Å². The molecule has 0 spiro atoms. The monoisotopic (exact) mass is 334 g/mol. The molecule has 1 N–H and O–H groups in total. The molecule has 0 aromatic heterocycles. The standard InChI is InChI=1S/C20H34N2O2/c1-5-11-22(16-20(3)9-10-21-15-20)14-17-7-8-18(24-12-6-2)19(13-17)23-4/h7-8,13,21H,5-6,9-12,14-16H2,1-4H3. The van der Waals surface area contributed by atoms with Crippen molar-refractivity contribution in [1.82, 2.24) is 10.2 Å². The first-order valence-corrected chi connectivity index (χ1v) is 9.33. The first-order valence-electron chi connectivity index (χ1n) is 9.33. The van der Waals surface area contributed by atoms with Crippen LogP contribution < -0.4 is 14.8 Å². The van der Waals surface area contributed by atoms with Crippen molar-refractivity contribution in [2.24, 2.45) is 5.41 Å². The second-order valence-corrected chi connectivity index (χ2v) is 7.28. The van der Waals surface area contributed by atoms with E-state index in [9.17, 15) is 0 Å². The summed E-state index contributed by atoms with van der Waals surface area (Å²) in [6.07, 6.45) is 3.44. The zero-order valence-corrected chi connectivity index (χ0v) is 15.9. The lowest BCUT2D eigenvalue weighted by molar-refractivity contribution is 0.170. The minimum atomic E-state index is 0.392. The minimum Gasteiger partial charge on any atom is -0.493 e. The Morgan fingerprint density at radius 2 is 2.04 bits per heavy atom. The van der Waals surface area contributed by atoms with Crippen molar-refractivity contribution in [1.29, 1.82) is 0 Å². The largest absolute Gasteiger partial charge is 0.493 e. The third-order valence-electron chi connectivity index (χ3n) is 4.70. The van der Waals surface area contributed by atoms with Gasteiger partial charge in [-0.1, -0.05) is 26.8 Å². The van der Waals surface area contributed by atoms with Gasteiger partial charge in [-0.15, -0.1) is 0 Å². The van der Waals surface area contributed by atoms with Crippen molar-refractivity contribution in [3.63, 3.8) is 0 Å². The third-order valence-corrected chi connectivity index (χ3v) is 4.70. The highest BCUT2D eigenvalue weighted by Crippen LogP contribution is 2.30. The number of rotatable bonds is 10. The Kier molecular flexibility index (Phi) is 7.38. The van der Waals surface area contributed by atoms with E-state index in [-0.39, 0.29) is 0 Å². The smallest absolute Gasteiger partial charge is 0.161 e. The third kappa shape index (κ3) is 5.38. The molecule has 1 heterocycles. The Labute approximate surface area is 147 Å². The molecule has 1 saturated heterocycles. The van der Waals surface area contributed by atoms with Crippen molar-refractivity contribution < 1.29 is 9.47 Å². The van der Waals surface area contributed by atoms with Gasteiger partial charge in [0.1, 0.15) is 0 Å². The van der Waals surface area contributed by atoms with Gasteiger partial charge < -0.3 is 14.8 Å². The molecule has 136 valence electrons. The van der Waals surface area contributed by atoms with Gasteiger partial charge in [0, 0.05) is 19.6 Å². The van der Waals surface area contributed by atoms with Crippen molar-refractivity contribution in [2.45, 2.75) is 46.6 Å². The molecule has 1 atom stereocenters. The maximum Gasteiger partial charge on any atom is 0.161 e. The molecule has 1 aliphatic rings. The van der Waals surface area contributed by atoms with Gasteiger partial charge in [0.25, 0.3) is 0 Å². The van der Waals surface area contributed by atoms with Crippen LogP contribution in [0.25, 0.3) is 0 Å². The van der Waals surface area contributed by atoms with Crippen LogP contribution in [0.1, 0.15) is 45.6 Å². The number of hydrogen-bond acceptors (Lipinski definition) is 4. The Balaban J connectivity index is 2.05. The van der Waals surface area contributed by atoms with Gasteiger partial charge in [-0.2, -0.15) is 0 Å². The van der Waals surface area contributed by atoms with Crippen LogP contribution in [0, 0.1) is 5.41 Å². The Hall–Kier alpha value is -1.26. The van der Waals surface area contributed by atoms with E-state index in [2.05, 4.69) is 43.1 Å². The maximum absolute atomic E-state index is 5.76. The normalized spacial score (nSPS) is 20.5. The predicted octanol–water partition coefficient (Wildman–Crippen LogP) is 3.70. The Morgan fingerprint density at radius 1 is 1.21 bits per heavy atom. The molecule has 24 heavy (non-hydrogen) atoms. The topological polar surface area (TPSA) is 33.7 Å². The molecule has 0 bridgehead atoms. The summed E-state index contributed by atoms with van der Waals surface area (Å²) in [7, 11) is 1.72. The summed E-state index contributed by atoms with van der Waals surface area (Å²) in [6, 6.07) is 6.35. The average Bonchev–Trinajstić information content (AvgIpc) is 2.99. The van der Waals surface area contributed by atoms with Crippen LogP contribution in [-0.4, -0.2) is 44.8 Å². The predicted molar refractivity (Wildman–Crippen MR) is 99.9 cm³/mol. The van der Waals surface area contributed by atoms with Crippen molar-refractivity contribution in [2.75, 3.05) is 39.9 Å². The molecular formula is C20H34N2O2. The fourth-order valence-corrected chi connectivity index (χ4v) is 3.47. The van der Waals surface area contributed by atoms with E-state index in [1.807, 2.05) is 6.07 Å². The quantitative estimate of drug-likeness (QED) is 0.707.